The van der Waals surface area contributed by atoms with E-state index in [0.717, 1.165) is 5.56 Å². The molecule has 0 radical (unpaired) electrons. The molecule has 1 aromatic heterocycles. The minimum absolute atomic E-state index is 0.154. The van der Waals surface area contributed by atoms with E-state index in [1.165, 1.54) is 6.33 Å². The molecule has 10 heteroatoms. The third-order valence-electron chi connectivity index (χ3n) is 4.47. The predicted molar refractivity (Wildman–Crippen MR) is 122 cm³/mol. The Kier molecular flexibility index (Phi) is 7.90. The van der Waals surface area contributed by atoms with Crippen molar-refractivity contribution in [2.75, 3.05) is 43.8 Å². The topological polar surface area (TPSA) is 133 Å². The van der Waals surface area contributed by atoms with Gasteiger partial charge in [-0.2, -0.15) is 0 Å². The van der Waals surface area contributed by atoms with Crippen LogP contribution >= 0.6 is 0 Å². The Morgan fingerprint density at radius 3 is 2.50 bits per heavy atom. The first-order valence-electron chi connectivity index (χ1n) is 9.88. The number of anilines is 3. The number of ether oxygens (including phenoxy) is 3. The Balaban J connectivity index is 1.50. The highest BCUT2D eigenvalue weighted by Crippen LogP contribution is 2.28. The predicted octanol–water partition coefficient (Wildman–Crippen LogP) is 2.25. The number of aromatic nitrogens is 2. The third-order valence-corrected chi connectivity index (χ3v) is 4.47. The fraction of sp³-hybridized carbons (Fsp3) is 0.227. The summed E-state index contributed by atoms with van der Waals surface area (Å²) in [4.78, 5) is 20.2. The monoisotopic (exact) mass is 438 g/mol. The number of nitrogens with zero attached hydrogens (tertiary/aromatic N) is 2. The van der Waals surface area contributed by atoms with E-state index in [-0.39, 0.29) is 24.0 Å². The fourth-order valence-electron chi connectivity index (χ4n) is 2.83. The number of hydrogen-bond donors (Lipinski definition) is 4. The lowest BCUT2D eigenvalue weighted by Crippen LogP contribution is -2.34. The molecular weight excluding hydrogens is 412 g/mol. The number of nitrogen functional groups attached to an aromatic ring is 1. The molecule has 0 bridgehead atoms. The van der Waals surface area contributed by atoms with Gasteiger partial charge < -0.3 is 25.3 Å². The van der Waals surface area contributed by atoms with Gasteiger partial charge in [0.25, 0.3) is 5.91 Å². The maximum atomic E-state index is 12.0. The van der Waals surface area contributed by atoms with Crippen molar-refractivity contribution in [1.82, 2.24) is 15.4 Å². The summed E-state index contributed by atoms with van der Waals surface area (Å²) in [5, 5.41) is 3.18. The summed E-state index contributed by atoms with van der Waals surface area (Å²) in [6, 6.07) is 14.8. The summed E-state index contributed by atoms with van der Waals surface area (Å²) >= 11 is 0. The van der Waals surface area contributed by atoms with E-state index in [1.807, 2.05) is 36.4 Å². The van der Waals surface area contributed by atoms with Crippen LogP contribution in [0.2, 0.25) is 0 Å². The lowest BCUT2D eigenvalue weighted by atomic mass is 10.1. The molecule has 32 heavy (non-hydrogen) atoms. The second-order valence-electron chi connectivity index (χ2n) is 6.63. The standard InChI is InChI=1S/C22H26N6O4/c1-30-17-9-8-15(12-18(17)31-2)10-11-24-21-20(23)22(26-14-25-21)28-27-19(29)13-32-16-6-4-3-5-7-16/h3-9,12,14H,10-11,13,23H2,1-2H3,(H,27,29)(H2,24,25,26,28). The van der Waals surface area contributed by atoms with Gasteiger partial charge in [0.1, 0.15) is 17.8 Å². The van der Waals surface area contributed by atoms with Crippen LogP contribution in [0.25, 0.3) is 0 Å². The van der Waals surface area contributed by atoms with Crippen LogP contribution in [0.15, 0.2) is 54.9 Å². The van der Waals surface area contributed by atoms with Crippen LogP contribution in [0.4, 0.5) is 17.3 Å². The first-order valence-corrected chi connectivity index (χ1v) is 9.88. The van der Waals surface area contributed by atoms with Crippen molar-refractivity contribution in [3.63, 3.8) is 0 Å². The number of hydrogen-bond acceptors (Lipinski definition) is 9. The SMILES string of the molecule is COc1ccc(CCNc2ncnc(NNC(=O)COc3ccccc3)c2N)cc1OC. The highest BCUT2D eigenvalue weighted by Gasteiger charge is 2.10. The second kappa shape index (κ2) is 11.3. The van der Waals surface area contributed by atoms with Crippen LogP contribution in [0.1, 0.15) is 5.56 Å². The van der Waals surface area contributed by atoms with Crippen LogP contribution in [0.5, 0.6) is 17.2 Å². The Labute approximate surface area is 186 Å². The molecule has 0 unspecified atom stereocenters. The largest absolute Gasteiger partial charge is 0.493 e. The average molecular weight is 438 g/mol. The number of methoxy groups -OCH3 is 2. The van der Waals surface area contributed by atoms with Gasteiger partial charge in [-0.25, -0.2) is 9.97 Å². The van der Waals surface area contributed by atoms with E-state index in [2.05, 4.69) is 26.1 Å². The smallest absolute Gasteiger partial charge is 0.276 e. The van der Waals surface area contributed by atoms with Gasteiger partial charge in [0.15, 0.2) is 29.7 Å². The first kappa shape index (κ1) is 22.5. The van der Waals surface area contributed by atoms with Gasteiger partial charge in [0.05, 0.1) is 14.2 Å². The molecule has 0 aliphatic rings. The van der Waals surface area contributed by atoms with E-state index >= 15 is 0 Å². The summed E-state index contributed by atoms with van der Waals surface area (Å²) in [5.74, 6) is 2.31. The number of hydrazine groups is 1. The number of nitrogens with one attached hydrogen (secondary N) is 3. The van der Waals surface area contributed by atoms with E-state index in [0.29, 0.717) is 36.0 Å². The number of nitrogens with two attached hydrogens (primary N) is 1. The average Bonchev–Trinajstić information content (AvgIpc) is 2.83. The van der Waals surface area contributed by atoms with Crippen LogP contribution < -0.4 is 36.1 Å². The molecule has 5 N–H and O–H groups in total. The maximum absolute atomic E-state index is 12.0. The molecule has 3 rings (SSSR count). The van der Waals surface area contributed by atoms with E-state index < -0.39 is 0 Å². The van der Waals surface area contributed by atoms with Crippen molar-refractivity contribution in [1.29, 1.82) is 0 Å². The second-order valence-corrected chi connectivity index (χ2v) is 6.63. The van der Waals surface area contributed by atoms with Crippen molar-refractivity contribution in [2.24, 2.45) is 0 Å². The lowest BCUT2D eigenvalue weighted by Gasteiger charge is -2.14. The van der Waals surface area contributed by atoms with Crippen molar-refractivity contribution in [3.05, 3.63) is 60.4 Å². The number of carbonyl (C=O) groups is 1. The molecule has 3 aromatic rings. The number of carbonyl (C=O) groups excluding carboxylic acids is 1. The zero-order chi connectivity index (χ0) is 22.8. The van der Waals surface area contributed by atoms with Gasteiger partial charge in [-0.05, 0) is 36.2 Å². The summed E-state index contributed by atoms with van der Waals surface area (Å²) < 4.78 is 16.0. The molecule has 1 heterocycles. The molecule has 2 aromatic carbocycles. The highest BCUT2D eigenvalue weighted by molar-refractivity contribution is 5.81. The Bertz CT molecular complexity index is 1030. The number of benzene rings is 2. The molecule has 0 saturated heterocycles. The van der Waals surface area contributed by atoms with Crippen molar-refractivity contribution in [2.45, 2.75) is 6.42 Å². The first-order chi connectivity index (χ1) is 15.6. The van der Waals surface area contributed by atoms with Gasteiger partial charge in [0.2, 0.25) is 0 Å². The van der Waals surface area contributed by atoms with Gasteiger partial charge >= 0.3 is 0 Å². The molecular formula is C22H26N6O4. The quantitative estimate of drug-likeness (QED) is 0.333. The molecule has 0 spiro atoms. The number of para-hydroxylation sites is 1. The maximum Gasteiger partial charge on any atom is 0.276 e. The molecule has 10 nitrogen and oxygen atoms in total. The van der Waals surface area contributed by atoms with Crippen molar-refractivity contribution >= 4 is 23.2 Å². The normalized spacial score (nSPS) is 10.2. The van der Waals surface area contributed by atoms with Crippen LogP contribution in [-0.2, 0) is 11.2 Å². The summed E-state index contributed by atoms with van der Waals surface area (Å²) in [6.07, 6.45) is 2.06. The third kappa shape index (κ3) is 6.14. The molecule has 0 aliphatic heterocycles. The Morgan fingerprint density at radius 2 is 1.75 bits per heavy atom. The van der Waals surface area contributed by atoms with E-state index in [1.54, 1.807) is 26.4 Å². The lowest BCUT2D eigenvalue weighted by molar-refractivity contribution is -0.122. The van der Waals surface area contributed by atoms with Crippen molar-refractivity contribution < 1.29 is 19.0 Å². The molecule has 0 saturated carbocycles. The number of rotatable bonds is 11. The van der Waals surface area contributed by atoms with Crippen LogP contribution in [0, 0.1) is 0 Å². The van der Waals surface area contributed by atoms with Crippen LogP contribution in [-0.4, -0.2) is 43.2 Å². The van der Waals surface area contributed by atoms with Crippen molar-refractivity contribution in [3.8, 4) is 17.2 Å². The summed E-state index contributed by atoms with van der Waals surface area (Å²) in [6.45, 7) is 0.422. The molecule has 1 amide bonds. The highest BCUT2D eigenvalue weighted by atomic mass is 16.5. The molecule has 168 valence electrons. The van der Waals surface area contributed by atoms with Gasteiger partial charge in [0, 0.05) is 6.54 Å². The van der Waals surface area contributed by atoms with Gasteiger partial charge in [-0.3, -0.25) is 15.6 Å². The van der Waals surface area contributed by atoms with Gasteiger partial charge in [-0.1, -0.05) is 24.3 Å². The molecule has 0 atom stereocenters. The summed E-state index contributed by atoms with van der Waals surface area (Å²) in [5.41, 5.74) is 12.7. The fourth-order valence-corrected chi connectivity index (χ4v) is 2.83. The minimum atomic E-state index is -0.380. The van der Waals surface area contributed by atoms with Gasteiger partial charge in [-0.15, -0.1) is 0 Å². The zero-order valence-corrected chi connectivity index (χ0v) is 17.9. The minimum Gasteiger partial charge on any atom is -0.493 e. The van der Waals surface area contributed by atoms with E-state index in [9.17, 15) is 4.79 Å². The van der Waals surface area contributed by atoms with E-state index in [4.69, 9.17) is 19.9 Å². The molecule has 0 aliphatic carbocycles. The zero-order valence-electron chi connectivity index (χ0n) is 17.9. The Morgan fingerprint density at radius 1 is 1.00 bits per heavy atom. The number of amides is 1. The van der Waals surface area contributed by atoms with Crippen LogP contribution in [0.3, 0.4) is 0 Å². The summed E-state index contributed by atoms with van der Waals surface area (Å²) in [7, 11) is 3.20. The molecule has 0 fully saturated rings. The Hall–Kier alpha value is -4.21.